The lowest BCUT2D eigenvalue weighted by Gasteiger charge is -2.12. The Bertz CT molecular complexity index is 1080. The number of anilines is 2. The van der Waals surface area contributed by atoms with Crippen molar-refractivity contribution in [3.63, 3.8) is 0 Å². The van der Waals surface area contributed by atoms with Crippen molar-refractivity contribution in [1.29, 1.82) is 0 Å². The summed E-state index contributed by atoms with van der Waals surface area (Å²) >= 11 is 0. The molecular weight excluding hydrogens is 388 g/mol. The monoisotopic (exact) mass is 408 g/mol. The molecule has 1 aliphatic rings. The summed E-state index contributed by atoms with van der Waals surface area (Å²) in [6.07, 6.45) is 0. The molecule has 154 valence electrons. The van der Waals surface area contributed by atoms with Crippen LogP contribution in [0.3, 0.4) is 0 Å². The van der Waals surface area contributed by atoms with Crippen LogP contribution in [0.15, 0.2) is 53.1 Å². The Morgan fingerprint density at radius 1 is 1.07 bits per heavy atom. The number of aryl methyl sites for hydroxylation is 1. The van der Waals surface area contributed by atoms with Gasteiger partial charge >= 0.3 is 0 Å². The number of hydrogen-bond acceptors (Lipinski definition) is 7. The predicted molar refractivity (Wildman–Crippen MR) is 109 cm³/mol. The number of nitrogens with one attached hydrogen (secondary N) is 3. The minimum Gasteiger partial charge on any atom is -0.454 e. The molecule has 0 fully saturated rings. The van der Waals surface area contributed by atoms with Crippen LogP contribution in [0.25, 0.3) is 0 Å². The molecule has 30 heavy (non-hydrogen) atoms. The largest absolute Gasteiger partial charge is 0.454 e. The zero-order valence-corrected chi connectivity index (χ0v) is 16.2. The minimum atomic E-state index is -0.318. The fourth-order valence-electron chi connectivity index (χ4n) is 2.94. The molecule has 0 radical (unpaired) electrons. The van der Waals surface area contributed by atoms with Gasteiger partial charge in [-0.2, -0.15) is 0 Å². The molecule has 3 aromatic rings. The fraction of sp³-hybridized carbons (Fsp3) is 0.190. The number of carbonyl (C=O) groups excluding carboxylic acids is 2. The molecule has 0 bridgehead atoms. The number of rotatable bonds is 7. The molecule has 2 aromatic carbocycles. The number of carbonyl (C=O) groups is 2. The van der Waals surface area contributed by atoms with Crippen molar-refractivity contribution >= 4 is 23.4 Å². The molecule has 0 saturated carbocycles. The van der Waals surface area contributed by atoms with Gasteiger partial charge in [-0.1, -0.05) is 23.4 Å². The SMILES string of the molecule is Cc1cc(NC(=O)CNc2ccccc2C(=O)NCc2ccc3c(c2)OCO3)on1. The third-order valence-electron chi connectivity index (χ3n) is 4.39. The zero-order chi connectivity index (χ0) is 20.9. The highest BCUT2D eigenvalue weighted by molar-refractivity contribution is 6.00. The third kappa shape index (κ3) is 4.52. The van der Waals surface area contributed by atoms with Gasteiger partial charge in [-0.25, -0.2) is 0 Å². The molecule has 3 N–H and O–H groups in total. The van der Waals surface area contributed by atoms with Crippen LogP contribution in [0.5, 0.6) is 11.5 Å². The minimum absolute atomic E-state index is 0.0355. The number of nitrogens with zero attached hydrogens (tertiary/aromatic N) is 1. The van der Waals surface area contributed by atoms with E-state index in [1.165, 1.54) is 0 Å². The van der Waals surface area contributed by atoms with Gasteiger partial charge in [-0.3, -0.25) is 14.9 Å². The lowest BCUT2D eigenvalue weighted by atomic mass is 10.1. The van der Waals surface area contributed by atoms with E-state index in [0.717, 1.165) is 5.56 Å². The Morgan fingerprint density at radius 3 is 2.73 bits per heavy atom. The van der Waals surface area contributed by atoms with Gasteiger partial charge in [0, 0.05) is 18.3 Å². The molecule has 2 heterocycles. The maximum Gasteiger partial charge on any atom is 0.253 e. The van der Waals surface area contributed by atoms with Crippen LogP contribution < -0.4 is 25.4 Å². The van der Waals surface area contributed by atoms with E-state index < -0.39 is 0 Å². The topological polar surface area (TPSA) is 115 Å². The van der Waals surface area contributed by atoms with E-state index >= 15 is 0 Å². The van der Waals surface area contributed by atoms with Gasteiger partial charge in [0.25, 0.3) is 5.91 Å². The molecular formula is C21H20N4O5. The Labute approximate surface area is 172 Å². The van der Waals surface area contributed by atoms with Crippen LogP contribution in [-0.2, 0) is 11.3 Å². The number of amides is 2. The standard InChI is InChI=1S/C21H20N4O5/c1-13-8-20(30-25-13)24-19(26)11-22-16-5-3-2-4-15(16)21(27)23-10-14-6-7-17-18(9-14)29-12-28-17/h2-9,22H,10-12H2,1H3,(H,23,27)(H,24,26). The smallest absolute Gasteiger partial charge is 0.253 e. The summed E-state index contributed by atoms with van der Waals surface area (Å²) in [6.45, 7) is 2.25. The van der Waals surface area contributed by atoms with Gasteiger partial charge in [0.1, 0.15) is 0 Å². The van der Waals surface area contributed by atoms with E-state index in [2.05, 4.69) is 21.1 Å². The maximum atomic E-state index is 12.7. The van der Waals surface area contributed by atoms with E-state index in [-0.39, 0.29) is 31.0 Å². The van der Waals surface area contributed by atoms with E-state index in [9.17, 15) is 9.59 Å². The highest BCUT2D eigenvalue weighted by Gasteiger charge is 2.15. The number of aromatic nitrogens is 1. The number of para-hydroxylation sites is 1. The summed E-state index contributed by atoms with van der Waals surface area (Å²) in [6, 6.07) is 14.1. The zero-order valence-electron chi connectivity index (χ0n) is 16.2. The second kappa shape index (κ2) is 8.56. The van der Waals surface area contributed by atoms with Crippen LogP contribution >= 0.6 is 0 Å². The Kier molecular flexibility index (Phi) is 5.51. The molecule has 1 aromatic heterocycles. The van der Waals surface area contributed by atoms with Gasteiger partial charge in [0.15, 0.2) is 11.5 Å². The van der Waals surface area contributed by atoms with Crippen molar-refractivity contribution in [2.45, 2.75) is 13.5 Å². The fourth-order valence-corrected chi connectivity index (χ4v) is 2.94. The molecule has 0 atom stereocenters. The summed E-state index contributed by atoms with van der Waals surface area (Å²) in [5.41, 5.74) is 2.54. The average Bonchev–Trinajstić information content (AvgIpc) is 3.38. The third-order valence-corrected chi connectivity index (χ3v) is 4.39. The van der Waals surface area contributed by atoms with Crippen LogP contribution in [0.4, 0.5) is 11.6 Å². The first-order chi connectivity index (χ1) is 14.6. The van der Waals surface area contributed by atoms with Gasteiger partial charge in [0.2, 0.25) is 18.6 Å². The van der Waals surface area contributed by atoms with E-state index in [1.54, 1.807) is 37.3 Å². The highest BCUT2D eigenvalue weighted by atomic mass is 16.7. The lowest BCUT2D eigenvalue weighted by molar-refractivity contribution is -0.114. The Balaban J connectivity index is 1.35. The van der Waals surface area contributed by atoms with Crippen molar-refractivity contribution < 1.29 is 23.6 Å². The number of ether oxygens (including phenoxy) is 2. The quantitative estimate of drug-likeness (QED) is 0.551. The summed E-state index contributed by atoms with van der Waals surface area (Å²) < 4.78 is 15.6. The predicted octanol–water partition coefficient (Wildman–Crippen LogP) is 2.69. The number of fused-ring (bicyclic) bond motifs is 1. The molecule has 0 unspecified atom stereocenters. The molecule has 2 amide bonds. The summed E-state index contributed by atoms with van der Waals surface area (Å²) in [4.78, 5) is 24.8. The average molecular weight is 408 g/mol. The first-order valence-electron chi connectivity index (χ1n) is 9.31. The van der Waals surface area contributed by atoms with Crippen molar-refractivity contribution in [3.8, 4) is 11.5 Å². The van der Waals surface area contributed by atoms with Gasteiger partial charge in [-0.05, 0) is 36.8 Å². The van der Waals surface area contributed by atoms with Crippen LogP contribution in [-0.4, -0.2) is 30.3 Å². The summed E-state index contributed by atoms with van der Waals surface area (Å²) in [5, 5.41) is 12.2. The van der Waals surface area contributed by atoms with Crippen molar-refractivity contribution in [1.82, 2.24) is 10.5 Å². The number of hydrogen-bond donors (Lipinski definition) is 3. The highest BCUT2D eigenvalue weighted by Crippen LogP contribution is 2.32. The Hall–Kier alpha value is -4.01. The molecule has 1 aliphatic heterocycles. The van der Waals surface area contributed by atoms with Crippen molar-refractivity contribution in [2.24, 2.45) is 0 Å². The van der Waals surface area contributed by atoms with E-state index in [1.807, 2.05) is 18.2 Å². The first kappa shape index (κ1) is 19.3. The molecule has 4 rings (SSSR count). The normalized spacial score (nSPS) is 11.8. The van der Waals surface area contributed by atoms with Crippen LogP contribution in [0, 0.1) is 6.92 Å². The van der Waals surface area contributed by atoms with Crippen molar-refractivity contribution in [3.05, 3.63) is 65.4 Å². The Morgan fingerprint density at radius 2 is 1.90 bits per heavy atom. The summed E-state index contributed by atoms with van der Waals surface area (Å²) in [5.74, 6) is 1.05. The van der Waals surface area contributed by atoms with Gasteiger partial charge in [0.05, 0.1) is 17.8 Å². The van der Waals surface area contributed by atoms with Crippen LogP contribution in [0.2, 0.25) is 0 Å². The van der Waals surface area contributed by atoms with E-state index in [4.69, 9.17) is 14.0 Å². The van der Waals surface area contributed by atoms with Gasteiger partial charge < -0.3 is 24.6 Å². The molecule has 9 heteroatoms. The second-order valence-corrected chi connectivity index (χ2v) is 6.65. The van der Waals surface area contributed by atoms with Crippen LogP contribution in [0.1, 0.15) is 21.6 Å². The first-order valence-corrected chi connectivity index (χ1v) is 9.31. The lowest BCUT2D eigenvalue weighted by Crippen LogP contribution is -2.26. The van der Waals surface area contributed by atoms with Gasteiger partial charge in [-0.15, -0.1) is 0 Å². The molecule has 0 aliphatic carbocycles. The molecule has 0 spiro atoms. The summed E-state index contributed by atoms with van der Waals surface area (Å²) in [7, 11) is 0. The van der Waals surface area contributed by atoms with E-state index in [0.29, 0.717) is 35.0 Å². The molecule has 9 nitrogen and oxygen atoms in total. The maximum absolute atomic E-state index is 12.7. The molecule has 0 saturated heterocycles. The second-order valence-electron chi connectivity index (χ2n) is 6.65. The van der Waals surface area contributed by atoms with Crippen molar-refractivity contribution in [2.75, 3.05) is 24.0 Å². The number of benzene rings is 2.